The Morgan fingerprint density at radius 3 is 2.92 bits per heavy atom. The van der Waals surface area contributed by atoms with Crippen LogP contribution in [-0.2, 0) is 0 Å². The van der Waals surface area contributed by atoms with E-state index in [9.17, 15) is 9.90 Å². The van der Waals surface area contributed by atoms with E-state index in [1.165, 1.54) is 11.3 Å². The lowest BCUT2D eigenvalue weighted by molar-refractivity contribution is 0.112. The Balaban J connectivity index is 2.93. The van der Waals surface area contributed by atoms with Gasteiger partial charge >= 0.3 is 0 Å². The summed E-state index contributed by atoms with van der Waals surface area (Å²) in [4.78, 5) is 10.7. The molecule has 1 heterocycles. The molecule has 66 valence electrons. The number of aromatic hydroxyl groups is 1. The molecule has 13 heavy (non-hydrogen) atoms. The van der Waals surface area contributed by atoms with Crippen LogP contribution in [0.3, 0.4) is 0 Å². The van der Waals surface area contributed by atoms with Crippen molar-refractivity contribution in [1.29, 1.82) is 0 Å². The molecule has 0 atom stereocenters. The maximum absolute atomic E-state index is 10.7. The smallest absolute Gasteiger partial charge is 0.183 e. The van der Waals surface area contributed by atoms with Crippen LogP contribution >= 0.6 is 33.9 Å². The van der Waals surface area contributed by atoms with Crippen LogP contribution in [0.25, 0.3) is 10.1 Å². The minimum atomic E-state index is 0.106. The molecular weight excluding hydrogens is 299 g/mol. The zero-order chi connectivity index (χ0) is 9.42. The first-order valence-corrected chi connectivity index (χ1v) is 5.48. The molecule has 0 unspecified atom stereocenters. The third-order valence-electron chi connectivity index (χ3n) is 1.80. The van der Waals surface area contributed by atoms with Gasteiger partial charge in [-0.05, 0) is 28.7 Å². The molecule has 4 heteroatoms. The topological polar surface area (TPSA) is 37.3 Å². The summed E-state index contributed by atoms with van der Waals surface area (Å²) in [6, 6.07) is 5.67. The van der Waals surface area contributed by atoms with Crippen molar-refractivity contribution in [3.63, 3.8) is 0 Å². The lowest BCUT2D eigenvalue weighted by Gasteiger charge is -1.91. The highest BCUT2D eigenvalue weighted by Crippen LogP contribution is 2.37. The van der Waals surface area contributed by atoms with Crippen molar-refractivity contribution in [2.45, 2.75) is 0 Å². The van der Waals surface area contributed by atoms with Gasteiger partial charge in [0, 0.05) is 8.96 Å². The van der Waals surface area contributed by atoms with E-state index in [0.717, 1.165) is 13.7 Å². The molecule has 0 fully saturated rings. The molecular formula is C9H5IO2S. The summed E-state index contributed by atoms with van der Waals surface area (Å²) in [6.45, 7) is 0. The summed E-state index contributed by atoms with van der Waals surface area (Å²) in [6.07, 6.45) is 0.699. The number of benzene rings is 1. The third kappa shape index (κ3) is 1.34. The Morgan fingerprint density at radius 2 is 2.23 bits per heavy atom. The van der Waals surface area contributed by atoms with Gasteiger partial charge in [-0.3, -0.25) is 4.79 Å². The van der Waals surface area contributed by atoms with E-state index < -0.39 is 0 Å². The number of hydrogen-bond acceptors (Lipinski definition) is 3. The summed E-state index contributed by atoms with van der Waals surface area (Å²) >= 11 is 3.43. The minimum Gasteiger partial charge on any atom is -0.499 e. The Morgan fingerprint density at radius 1 is 1.46 bits per heavy atom. The number of thiophene rings is 1. The third-order valence-corrected chi connectivity index (χ3v) is 4.13. The molecule has 0 radical (unpaired) electrons. The molecule has 0 saturated heterocycles. The van der Waals surface area contributed by atoms with Gasteiger partial charge in [0.05, 0.1) is 10.3 Å². The predicted molar refractivity (Wildman–Crippen MR) is 61.6 cm³/mol. The van der Waals surface area contributed by atoms with Gasteiger partial charge in [-0.25, -0.2) is 0 Å². The Labute approximate surface area is 92.3 Å². The van der Waals surface area contributed by atoms with Crippen LogP contribution < -0.4 is 0 Å². The number of halogens is 1. The molecule has 0 amide bonds. The fraction of sp³-hybridized carbons (Fsp3) is 0. The normalized spacial score (nSPS) is 10.5. The standard InChI is InChI=1S/C9H5IO2S/c10-7-3-1-2-5-6(4-11)9(12)13-8(5)7/h1-4,12H. The van der Waals surface area contributed by atoms with Crippen molar-refractivity contribution < 1.29 is 9.90 Å². The molecule has 1 N–H and O–H groups in total. The molecule has 2 nitrogen and oxygen atoms in total. The first-order valence-electron chi connectivity index (χ1n) is 3.59. The molecule has 2 aromatic rings. The average molecular weight is 304 g/mol. The Bertz CT molecular complexity index is 476. The molecule has 1 aromatic carbocycles. The van der Waals surface area contributed by atoms with Crippen LogP contribution in [-0.4, -0.2) is 11.4 Å². The van der Waals surface area contributed by atoms with Crippen LogP contribution in [0.2, 0.25) is 0 Å². The van der Waals surface area contributed by atoms with Gasteiger partial charge in [0.25, 0.3) is 0 Å². The average Bonchev–Trinajstić information content (AvgIpc) is 2.43. The number of rotatable bonds is 1. The lowest BCUT2D eigenvalue weighted by Crippen LogP contribution is -1.76. The van der Waals surface area contributed by atoms with Gasteiger partial charge in [0.1, 0.15) is 0 Å². The number of fused-ring (bicyclic) bond motifs is 1. The van der Waals surface area contributed by atoms with Crippen molar-refractivity contribution >= 4 is 50.3 Å². The fourth-order valence-electron chi connectivity index (χ4n) is 1.21. The van der Waals surface area contributed by atoms with E-state index in [4.69, 9.17) is 0 Å². The Kier molecular flexibility index (Phi) is 2.25. The quantitative estimate of drug-likeness (QED) is 0.649. The highest BCUT2D eigenvalue weighted by atomic mass is 127. The van der Waals surface area contributed by atoms with Crippen molar-refractivity contribution in [3.05, 3.63) is 27.3 Å². The summed E-state index contributed by atoms with van der Waals surface area (Å²) < 4.78 is 2.03. The van der Waals surface area contributed by atoms with Gasteiger partial charge < -0.3 is 5.11 Å². The maximum Gasteiger partial charge on any atom is 0.183 e. The fourth-order valence-corrected chi connectivity index (χ4v) is 2.95. The predicted octanol–water partition coefficient (Wildman–Crippen LogP) is 3.02. The highest BCUT2D eigenvalue weighted by molar-refractivity contribution is 14.1. The van der Waals surface area contributed by atoms with E-state index >= 15 is 0 Å². The second-order valence-corrected chi connectivity index (χ2v) is 4.72. The van der Waals surface area contributed by atoms with Gasteiger partial charge in [-0.15, -0.1) is 0 Å². The van der Waals surface area contributed by atoms with E-state index in [1.807, 2.05) is 18.2 Å². The zero-order valence-electron chi connectivity index (χ0n) is 6.45. The lowest BCUT2D eigenvalue weighted by atomic mass is 10.2. The monoisotopic (exact) mass is 304 g/mol. The van der Waals surface area contributed by atoms with Gasteiger partial charge in [-0.1, -0.05) is 23.5 Å². The second kappa shape index (κ2) is 3.26. The first kappa shape index (κ1) is 8.96. The van der Waals surface area contributed by atoms with Crippen molar-refractivity contribution in [2.24, 2.45) is 0 Å². The molecule has 0 aliphatic rings. The number of carbonyl (C=O) groups excluding carboxylic acids is 1. The summed E-state index contributed by atoms with van der Waals surface area (Å²) in [5, 5.41) is 10.4. The van der Waals surface area contributed by atoms with Gasteiger partial charge in [0.2, 0.25) is 0 Å². The number of hydrogen-bond donors (Lipinski definition) is 1. The molecule has 0 saturated carbocycles. The molecule has 0 aliphatic carbocycles. The molecule has 1 aromatic heterocycles. The molecule has 0 spiro atoms. The molecule has 2 rings (SSSR count). The van der Waals surface area contributed by atoms with Crippen LogP contribution in [0.15, 0.2) is 18.2 Å². The minimum absolute atomic E-state index is 0.106. The largest absolute Gasteiger partial charge is 0.499 e. The van der Waals surface area contributed by atoms with Gasteiger partial charge in [-0.2, -0.15) is 0 Å². The zero-order valence-corrected chi connectivity index (χ0v) is 9.43. The van der Waals surface area contributed by atoms with Crippen molar-refractivity contribution in [2.75, 3.05) is 0 Å². The van der Waals surface area contributed by atoms with Crippen LogP contribution in [0, 0.1) is 3.57 Å². The van der Waals surface area contributed by atoms with E-state index in [1.54, 1.807) is 0 Å². The van der Waals surface area contributed by atoms with Crippen LogP contribution in [0.4, 0.5) is 0 Å². The second-order valence-electron chi connectivity index (χ2n) is 2.56. The van der Waals surface area contributed by atoms with E-state index in [2.05, 4.69) is 22.6 Å². The molecule has 0 bridgehead atoms. The SMILES string of the molecule is O=Cc1c(O)sc2c(I)cccc12. The van der Waals surface area contributed by atoms with Gasteiger partial charge in [0.15, 0.2) is 11.3 Å². The summed E-state index contributed by atoms with van der Waals surface area (Å²) in [5.74, 6) is 0. The summed E-state index contributed by atoms with van der Waals surface area (Å²) in [7, 11) is 0. The van der Waals surface area contributed by atoms with Crippen molar-refractivity contribution in [1.82, 2.24) is 0 Å². The van der Waals surface area contributed by atoms with E-state index in [0.29, 0.717) is 11.8 Å². The van der Waals surface area contributed by atoms with Crippen molar-refractivity contribution in [3.8, 4) is 5.06 Å². The van der Waals surface area contributed by atoms with E-state index in [-0.39, 0.29) is 5.06 Å². The van der Waals surface area contributed by atoms with Crippen LogP contribution in [0.5, 0.6) is 5.06 Å². The maximum atomic E-state index is 10.7. The highest BCUT2D eigenvalue weighted by Gasteiger charge is 2.11. The Hall–Kier alpha value is -0.620. The molecule has 0 aliphatic heterocycles. The summed E-state index contributed by atoms with van der Waals surface area (Å²) in [5.41, 5.74) is 0.401. The number of carbonyl (C=O) groups is 1. The first-order chi connectivity index (χ1) is 6.24. The number of aldehydes is 1. The van der Waals surface area contributed by atoms with Crippen LogP contribution in [0.1, 0.15) is 10.4 Å².